The predicted octanol–water partition coefficient (Wildman–Crippen LogP) is 8.13. The first-order valence-corrected chi connectivity index (χ1v) is 17.4. The molecular formula is C39H52N6O4. The Bertz CT molecular complexity index is 1690. The molecule has 10 nitrogen and oxygen atoms in total. The van der Waals surface area contributed by atoms with Crippen LogP contribution in [0.4, 0.5) is 15.4 Å². The molecule has 2 atom stereocenters. The van der Waals surface area contributed by atoms with Crippen molar-refractivity contribution in [3.63, 3.8) is 0 Å². The minimum absolute atomic E-state index is 0.209. The average Bonchev–Trinajstić information content (AvgIpc) is 3.67. The number of amides is 2. The van der Waals surface area contributed by atoms with Gasteiger partial charge in [-0.15, -0.1) is 0 Å². The van der Waals surface area contributed by atoms with Crippen molar-refractivity contribution in [1.29, 1.82) is 0 Å². The van der Waals surface area contributed by atoms with E-state index in [2.05, 4.69) is 45.0 Å². The fourth-order valence-electron chi connectivity index (χ4n) is 6.57. The maximum atomic E-state index is 13.5. The van der Waals surface area contributed by atoms with Crippen molar-refractivity contribution in [2.75, 3.05) is 31.9 Å². The number of nitrogen functional groups attached to an aromatic ring is 1. The topological polar surface area (TPSA) is 116 Å². The summed E-state index contributed by atoms with van der Waals surface area (Å²) >= 11 is 0. The van der Waals surface area contributed by atoms with E-state index in [0.29, 0.717) is 38.4 Å². The third kappa shape index (κ3) is 9.74. The van der Waals surface area contributed by atoms with Gasteiger partial charge in [0.15, 0.2) is 0 Å². The molecule has 0 unspecified atom stereocenters. The molecule has 2 N–H and O–H groups in total. The first kappa shape index (κ1) is 35.7. The zero-order valence-electron chi connectivity index (χ0n) is 29.9. The van der Waals surface area contributed by atoms with Crippen LogP contribution in [0.15, 0.2) is 73.2 Å². The summed E-state index contributed by atoms with van der Waals surface area (Å²) in [5, 5.41) is 0.870. The largest absolute Gasteiger partial charge is 0.444 e. The second-order valence-electron chi connectivity index (χ2n) is 15.1. The van der Waals surface area contributed by atoms with E-state index in [-0.39, 0.29) is 24.1 Å². The van der Waals surface area contributed by atoms with Crippen molar-refractivity contribution < 1.29 is 19.1 Å². The number of rotatable bonds is 11. The molecular weight excluding hydrogens is 616 g/mol. The molecule has 2 aromatic carbocycles. The number of aromatic nitrogens is 3. The van der Waals surface area contributed by atoms with Crippen molar-refractivity contribution in [3.8, 4) is 11.1 Å². The van der Waals surface area contributed by atoms with Crippen LogP contribution >= 0.6 is 0 Å². The number of hydrogen-bond donors (Lipinski definition) is 1. The number of anilines is 1. The Hall–Kier alpha value is -4.60. The highest BCUT2D eigenvalue weighted by Crippen LogP contribution is 2.41. The molecule has 4 aromatic rings. The number of carbonyl (C=O) groups is 2. The highest BCUT2D eigenvalue weighted by atomic mass is 16.6. The van der Waals surface area contributed by atoms with E-state index in [4.69, 9.17) is 15.2 Å². The van der Waals surface area contributed by atoms with Crippen LogP contribution in [-0.4, -0.2) is 73.9 Å². The molecule has 10 heteroatoms. The summed E-state index contributed by atoms with van der Waals surface area (Å²) < 4.78 is 13.9. The van der Waals surface area contributed by atoms with Gasteiger partial charge in [-0.3, -0.25) is 0 Å². The van der Waals surface area contributed by atoms with Gasteiger partial charge in [0, 0.05) is 44.0 Å². The van der Waals surface area contributed by atoms with Crippen LogP contribution in [-0.2, 0) is 15.9 Å². The fraction of sp³-hybridized carbons (Fsp3) is 0.487. The van der Waals surface area contributed by atoms with E-state index >= 15 is 0 Å². The van der Waals surface area contributed by atoms with E-state index < -0.39 is 11.2 Å². The lowest BCUT2D eigenvalue weighted by Gasteiger charge is -2.31. The number of nitrogens with zero attached hydrogens (tertiary/aromatic N) is 5. The van der Waals surface area contributed by atoms with E-state index in [9.17, 15) is 9.59 Å². The second-order valence-corrected chi connectivity index (χ2v) is 15.1. The van der Waals surface area contributed by atoms with Crippen molar-refractivity contribution >= 4 is 29.0 Å². The van der Waals surface area contributed by atoms with Crippen molar-refractivity contribution in [2.24, 2.45) is 5.92 Å². The predicted molar refractivity (Wildman–Crippen MR) is 194 cm³/mol. The lowest BCUT2D eigenvalue weighted by Crippen LogP contribution is -2.42. The SMILES string of the molecule is CC(C)(C)OC(=O)N(CCCN(C[C@@H]1CC[C@H](n2cc(-c3ccccc3)c3c(N)ncnc32)C1)C(=O)OC(C)(C)C)CCc1ccccc1. The minimum Gasteiger partial charge on any atom is -0.444 e. The highest BCUT2D eigenvalue weighted by molar-refractivity contribution is 6.00. The van der Waals surface area contributed by atoms with Gasteiger partial charge >= 0.3 is 12.2 Å². The Balaban J connectivity index is 1.28. The maximum Gasteiger partial charge on any atom is 0.410 e. The number of benzene rings is 2. The van der Waals surface area contributed by atoms with Gasteiger partial charge in [-0.2, -0.15) is 0 Å². The summed E-state index contributed by atoms with van der Waals surface area (Å²) in [6, 6.07) is 20.5. The highest BCUT2D eigenvalue weighted by Gasteiger charge is 2.32. The van der Waals surface area contributed by atoms with Gasteiger partial charge < -0.3 is 29.6 Å². The third-order valence-electron chi connectivity index (χ3n) is 8.78. The Morgan fingerprint density at radius 2 is 1.45 bits per heavy atom. The lowest BCUT2D eigenvalue weighted by molar-refractivity contribution is 0.0186. The van der Waals surface area contributed by atoms with Gasteiger partial charge in [0.25, 0.3) is 0 Å². The fourth-order valence-corrected chi connectivity index (χ4v) is 6.57. The van der Waals surface area contributed by atoms with Crippen LogP contribution < -0.4 is 5.73 Å². The first-order valence-electron chi connectivity index (χ1n) is 17.4. The molecule has 2 heterocycles. The molecule has 5 rings (SSSR count). The van der Waals surface area contributed by atoms with Crippen molar-refractivity contribution in [2.45, 2.75) is 90.9 Å². The van der Waals surface area contributed by atoms with E-state index in [0.717, 1.165) is 53.4 Å². The smallest absolute Gasteiger partial charge is 0.410 e. The van der Waals surface area contributed by atoms with Crippen LogP contribution in [0.5, 0.6) is 0 Å². The Morgan fingerprint density at radius 1 is 0.837 bits per heavy atom. The van der Waals surface area contributed by atoms with Crippen LogP contribution in [0.2, 0.25) is 0 Å². The van der Waals surface area contributed by atoms with Gasteiger partial charge in [0.2, 0.25) is 0 Å². The standard InChI is InChI=1S/C39H52N6O4/c1-38(2,3)48-36(46)43(23-20-28-14-9-7-10-15-28)21-13-22-44(37(47)49-39(4,5)6)25-29-18-19-31(24-29)45-26-32(30-16-11-8-12-17-30)33-34(40)41-27-42-35(33)45/h7-12,14-17,26-27,29,31H,13,18-25H2,1-6H3,(H2,40,41,42)/t29-,31+/m1/s1. The summed E-state index contributed by atoms with van der Waals surface area (Å²) in [5.74, 6) is 0.742. The molecule has 1 fully saturated rings. The van der Waals surface area contributed by atoms with Crippen LogP contribution in [0.1, 0.15) is 78.8 Å². The van der Waals surface area contributed by atoms with Crippen LogP contribution in [0, 0.1) is 5.92 Å². The number of ether oxygens (including phenoxy) is 2. The lowest BCUT2D eigenvalue weighted by atomic mass is 10.1. The normalized spacial score (nSPS) is 16.4. The van der Waals surface area contributed by atoms with Gasteiger partial charge in [0.1, 0.15) is 29.0 Å². The minimum atomic E-state index is -0.622. The molecule has 49 heavy (non-hydrogen) atoms. The Labute approximate surface area is 290 Å². The van der Waals surface area contributed by atoms with E-state index in [1.165, 1.54) is 6.33 Å². The molecule has 1 aliphatic rings. The molecule has 0 radical (unpaired) electrons. The molecule has 262 valence electrons. The Morgan fingerprint density at radius 3 is 2.10 bits per heavy atom. The molecule has 2 amide bonds. The second kappa shape index (κ2) is 15.3. The molecule has 0 aliphatic heterocycles. The molecule has 1 aliphatic carbocycles. The number of nitrogens with two attached hydrogens (primary N) is 1. The number of hydrogen-bond acceptors (Lipinski definition) is 7. The summed E-state index contributed by atoms with van der Waals surface area (Å²) in [5.41, 5.74) is 9.25. The van der Waals surface area contributed by atoms with Gasteiger partial charge in [0.05, 0.1) is 5.39 Å². The van der Waals surface area contributed by atoms with Crippen molar-refractivity contribution in [3.05, 3.63) is 78.8 Å². The summed E-state index contributed by atoms with van der Waals surface area (Å²) in [6.45, 7) is 13.3. The number of fused-ring (bicyclic) bond motifs is 1. The van der Waals surface area contributed by atoms with Crippen LogP contribution in [0.25, 0.3) is 22.2 Å². The quantitative estimate of drug-likeness (QED) is 0.172. The monoisotopic (exact) mass is 668 g/mol. The van der Waals surface area contributed by atoms with Crippen molar-refractivity contribution in [1.82, 2.24) is 24.3 Å². The van der Waals surface area contributed by atoms with Crippen LogP contribution in [0.3, 0.4) is 0 Å². The number of carbonyl (C=O) groups excluding carboxylic acids is 2. The summed E-state index contributed by atoms with van der Waals surface area (Å²) in [4.78, 5) is 39.3. The first-order chi connectivity index (χ1) is 23.3. The maximum absolute atomic E-state index is 13.5. The molecule has 0 spiro atoms. The average molecular weight is 669 g/mol. The third-order valence-corrected chi connectivity index (χ3v) is 8.78. The summed E-state index contributed by atoms with van der Waals surface area (Å²) in [6.07, 6.45) is 7.14. The zero-order valence-corrected chi connectivity index (χ0v) is 29.9. The van der Waals surface area contributed by atoms with E-state index in [1.54, 1.807) is 4.90 Å². The molecule has 0 bridgehead atoms. The van der Waals surface area contributed by atoms with Gasteiger partial charge in [-0.05, 0) is 90.7 Å². The zero-order chi connectivity index (χ0) is 35.2. The molecule has 0 saturated heterocycles. The Kier molecular flexibility index (Phi) is 11.2. The van der Waals surface area contributed by atoms with Gasteiger partial charge in [-0.25, -0.2) is 19.6 Å². The summed E-state index contributed by atoms with van der Waals surface area (Å²) in [7, 11) is 0. The molecule has 2 aromatic heterocycles. The van der Waals surface area contributed by atoms with Gasteiger partial charge in [-0.1, -0.05) is 60.7 Å². The molecule has 1 saturated carbocycles. The van der Waals surface area contributed by atoms with E-state index in [1.807, 2.05) is 82.8 Å².